The molecule has 0 aromatic carbocycles. The second-order valence-electron chi connectivity index (χ2n) is 9.09. The normalized spacial score (nSPS) is 44.3. The quantitative estimate of drug-likeness (QED) is 0.728. The minimum absolute atomic E-state index is 0.0410. The zero-order chi connectivity index (χ0) is 20.0. The Morgan fingerprint density at radius 2 is 2.04 bits per heavy atom. The Hall–Kier alpha value is -1.40. The van der Waals surface area contributed by atoms with Gasteiger partial charge in [-0.1, -0.05) is 20.8 Å². The second kappa shape index (κ2) is 6.89. The maximum Gasteiger partial charge on any atom is 0.341 e. The highest BCUT2D eigenvalue weighted by Gasteiger charge is 2.68. The Morgan fingerprint density at radius 1 is 1.33 bits per heavy atom. The van der Waals surface area contributed by atoms with E-state index in [0.717, 1.165) is 24.8 Å². The Bertz CT molecular complexity index is 657. The Morgan fingerprint density at radius 3 is 2.63 bits per heavy atom. The molecule has 2 saturated carbocycles. The standard InChI is InChI=1S/C21H32O6/c1-13-7-11-20(3)15(5-6-16(22)21(20,25)18(24)26-4)19(13,2)10-8-14-9-12-27-17(14)23/h9,13,15-16,22,25H,5-8,10-12H2,1-4H3/t13-,15-,16-,19+,20+,21-/m1/s1. The van der Waals surface area contributed by atoms with Crippen LogP contribution < -0.4 is 0 Å². The smallest absolute Gasteiger partial charge is 0.341 e. The molecule has 2 N–H and O–H groups in total. The number of cyclic esters (lactones) is 1. The third-order valence-corrected chi connectivity index (χ3v) is 8.11. The predicted octanol–water partition coefficient (Wildman–Crippen LogP) is 2.37. The first kappa shape index (κ1) is 20.3. The molecule has 6 atom stereocenters. The zero-order valence-electron chi connectivity index (χ0n) is 16.8. The molecule has 2 fully saturated rings. The molecule has 2 aliphatic carbocycles. The molecule has 6 nitrogen and oxygen atoms in total. The van der Waals surface area contributed by atoms with E-state index in [0.29, 0.717) is 31.8 Å². The number of esters is 2. The molecule has 0 bridgehead atoms. The average Bonchev–Trinajstić information content (AvgIpc) is 3.05. The molecule has 1 heterocycles. The van der Waals surface area contributed by atoms with Gasteiger partial charge < -0.3 is 19.7 Å². The molecular formula is C21H32O6. The lowest BCUT2D eigenvalue weighted by atomic mass is 9.43. The molecule has 0 aromatic heterocycles. The van der Waals surface area contributed by atoms with Crippen molar-refractivity contribution in [1.82, 2.24) is 0 Å². The van der Waals surface area contributed by atoms with E-state index in [2.05, 4.69) is 13.8 Å². The molecule has 0 radical (unpaired) electrons. The topological polar surface area (TPSA) is 93.1 Å². The molecule has 0 aromatic rings. The summed E-state index contributed by atoms with van der Waals surface area (Å²) in [5.74, 6) is -0.568. The average molecular weight is 380 g/mol. The number of carbonyl (C=O) groups excluding carboxylic acids is 2. The van der Waals surface area contributed by atoms with Crippen molar-refractivity contribution in [1.29, 1.82) is 0 Å². The molecule has 0 amide bonds. The van der Waals surface area contributed by atoms with Gasteiger partial charge in [0.15, 0.2) is 5.60 Å². The largest absolute Gasteiger partial charge is 0.467 e. The maximum atomic E-state index is 12.6. The van der Waals surface area contributed by atoms with Gasteiger partial charge in [0.2, 0.25) is 0 Å². The Kier molecular flexibility index (Phi) is 5.19. The zero-order valence-corrected chi connectivity index (χ0v) is 16.8. The van der Waals surface area contributed by atoms with E-state index in [-0.39, 0.29) is 17.3 Å². The Labute approximate surface area is 160 Å². The van der Waals surface area contributed by atoms with Gasteiger partial charge in [-0.15, -0.1) is 0 Å². The van der Waals surface area contributed by atoms with Gasteiger partial charge in [0.05, 0.1) is 13.2 Å². The number of carbonyl (C=O) groups is 2. The molecule has 0 unspecified atom stereocenters. The molecule has 0 saturated heterocycles. The summed E-state index contributed by atoms with van der Waals surface area (Å²) >= 11 is 0. The van der Waals surface area contributed by atoms with E-state index < -0.39 is 23.1 Å². The summed E-state index contributed by atoms with van der Waals surface area (Å²) in [6.07, 6.45) is 4.72. The van der Waals surface area contributed by atoms with E-state index in [4.69, 9.17) is 9.47 Å². The van der Waals surface area contributed by atoms with Crippen LogP contribution in [0.25, 0.3) is 0 Å². The number of hydrogen-bond donors (Lipinski definition) is 2. The minimum atomic E-state index is -1.91. The molecular weight excluding hydrogens is 348 g/mol. The highest BCUT2D eigenvalue weighted by atomic mass is 16.5. The molecule has 3 aliphatic rings. The van der Waals surface area contributed by atoms with Crippen molar-refractivity contribution in [2.45, 2.75) is 71.0 Å². The van der Waals surface area contributed by atoms with Crippen LogP contribution in [0.1, 0.15) is 59.3 Å². The van der Waals surface area contributed by atoms with Crippen molar-refractivity contribution in [2.75, 3.05) is 13.7 Å². The summed E-state index contributed by atoms with van der Waals surface area (Å²) in [4.78, 5) is 24.4. The molecule has 1 aliphatic heterocycles. The van der Waals surface area contributed by atoms with E-state index in [9.17, 15) is 19.8 Å². The van der Waals surface area contributed by atoms with Crippen LogP contribution in [0.2, 0.25) is 0 Å². The van der Waals surface area contributed by atoms with E-state index in [1.165, 1.54) is 7.11 Å². The van der Waals surface area contributed by atoms with E-state index in [1.807, 2.05) is 13.0 Å². The fraction of sp³-hybridized carbons (Fsp3) is 0.810. The first-order valence-corrected chi connectivity index (χ1v) is 9.96. The number of aliphatic hydroxyl groups is 2. The number of methoxy groups -OCH3 is 1. The first-order chi connectivity index (χ1) is 12.6. The lowest BCUT2D eigenvalue weighted by molar-refractivity contribution is -0.249. The van der Waals surface area contributed by atoms with Crippen molar-refractivity contribution >= 4 is 11.9 Å². The fourth-order valence-electron chi connectivity index (χ4n) is 6.06. The summed E-state index contributed by atoms with van der Waals surface area (Å²) in [6.45, 7) is 6.68. The highest BCUT2D eigenvalue weighted by molar-refractivity contribution is 5.90. The van der Waals surface area contributed by atoms with E-state index >= 15 is 0 Å². The van der Waals surface area contributed by atoms with Crippen LogP contribution in [0, 0.1) is 22.7 Å². The van der Waals surface area contributed by atoms with Gasteiger partial charge in [-0.25, -0.2) is 9.59 Å². The molecule has 3 rings (SSSR count). The van der Waals surface area contributed by atoms with Crippen molar-refractivity contribution in [2.24, 2.45) is 22.7 Å². The number of fused-ring (bicyclic) bond motifs is 1. The van der Waals surface area contributed by atoms with Crippen LogP contribution >= 0.6 is 0 Å². The number of rotatable bonds is 4. The lowest BCUT2D eigenvalue weighted by Crippen LogP contribution is -2.69. The summed E-state index contributed by atoms with van der Waals surface area (Å²) in [5.41, 5.74) is -2.13. The van der Waals surface area contributed by atoms with Crippen LogP contribution in [-0.2, 0) is 19.1 Å². The van der Waals surface area contributed by atoms with Crippen LogP contribution in [-0.4, -0.2) is 47.6 Å². The molecule has 0 spiro atoms. The van der Waals surface area contributed by atoms with Gasteiger partial charge in [-0.05, 0) is 61.9 Å². The SMILES string of the molecule is COC(=O)[C@]1(O)[C@H](O)CC[C@@H]2[C@@](C)(CCC3=CCOC3=O)[C@H](C)CC[C@@]21C. The number of ether oxygens (including phenoxy) is 2. The molecule has 6 heteroatoms. The second-order valence-corrected chi connectivity index (χ2v) is 9.09. The summed E-state index contributed by atoms with van der Waals surface area (Å²) < 4.78 is 9.93. The number of aliphatic hydroxyl groups excluding tert-OH is 1. The predicted molar refractivity (Wildman–Crippen MR) is 98.6 cm³/mol. The summed E-state index contributed by atoms with van der Waals surface area (Å²) in [6, 6.07) is 0. The maximum absolute atomic E-state index is 12.6. The van der Waals surface area contributed by atoms with Gasteiger partial charge >= 0.3 is 11.9 Å². The first-order valence-electron chi connectivity index (χ1n) is 9.96. The van der Waals surface area contributed by atoms with Crippen molar-refractivity contribution in [3.8, 4) is 0 Å². The van der Waals surface area contributed by atoms with Crippen molar-refractivity contribution in [3.05, 3.63) is 11.6 Å². The lowest BCUT2D eigenvalue weighted by Gasteiger charge is -2.63. The third-order valence-electron chi connectivity index (χ3n) is 8.11. The molecule has 27 heavy (non-hydrogen) atoms. The van der Waals surface area contributed by atoms with Crippen LogP contribution in [0.15, 0.2) is 11.6 Å². The van der Waals surface area contributed by atoms with Gasteiger partial charge in [0.1, 0.15) is 6.61 Å². The van der Waals surface area contributed by atoms with Crippen LogP contribution in [0.3, 0.4) is 0 Å². The summed E-state index contributed by atoms with van der Waals surface area (Å²) in [5, 5.41) is 22.0. The van der Waals surface area contributed by atoms with Crippen molar-refractivity contribution in [3.63, 3.8) is 0 Å². The monoisotopic (exact) mass is 380 g/mol. The van der Waals surface area contributed by atoms with Gasteiger partial charge in [-0.2, -0.15) is 0 Å². The minimum Gasteiger partial charge on any atom is -0.467 e. The van der Waals surface area contributed by atoms with Gasteiger partial charge in [0.25, 0.3) is 0 Å². The van der Waals surface area contributed by atoms with Crippen LogP contribution in [0.5, 0.6) is 0 Å². The van der Waals surface area contributed by atoms with Crippen molar-refractivity contribution < 1.29 is 29.3 Å². The fourth-order valence-corrected chi connectivity index (χ4v) is 6.06. The van der Waals surface area contributed by atoms with Crippen LogP contribution in [0.4, 0.5) is 0 Å². The summed E-state index contributed by atoms with van der Waals surface area (Å²) in [7, 11) is 1.25. The Balaban J connectivity index is 1.94. The molecule has 152 valence electrons. The highest BCUT2D eigenvalue weighted by Crippen LogP contribution is 2.64. The number of hydrogen-bond acceptors (Lipinski definition) is 6. The third kappa shape index (κ3) is 2.83. The van der Waals surface area contributed by atoms with Gasteiger partial charge in [0, 0.05) is 11.0 Å². The van der Waals surface area contributed by atoms with Gasteiger partial charge in [-0.3, -0.25) is 0 Å². The van der Waals surface area contributed by atoms with E-state index in [1.54, 1.807) is 0 Å².